The topological polar surface area (TPSA) is 38.7 Å². The van der Waals surface area contributed by atoms with Crippen LogP contribution in [0.1, 0.15) is 128 Å². The molecule has 0 spiro atoms. The van der Waals surface area contributed by atoms with Gasteiger partial charge in [-0.1, -0.05) is 97.8 Å². The van der Waals surface area contributed by atoms with E-state index < -0.39 is 22.2 Å². The molecule has 0 bridgehead atoms. The molecule has 5 heteroatoms. The molecule has 3 aliphatic rings. The Bertz CT molecular complexity index is 1030. The van der Waals surface area contributed by atoms with Gasteiger partial charge in [0.05, 0.1) is 17.8 Å². The molecular weight excluding hydrogens is 573 g/mol. The molecule has 254 valence electrons. The summed E-state index contributed by atoms with van der Waals surface area (Å²) in [5, 5.41) is 10.9. The minimum Gasteiger partial charge on any atom is -0.414 e. The van der Waals surface area contributed by atoms with Crippen LogP contribution in [0.3, 0.4) is 0 Å². The third kappa shape index (κ3) is 8.91. The lowest BCUT2D eigenvalue weighted by Gasteiger charge is -2.45. The van der Waals surface area contributed by atoms with Gasteiger partial charge in [-0.05, 0) is 125 Å². The summed E-state index contributed by atoms with van der Waals surface area (Å²) in [6.45, 7) is 34.7. The molecule has 44 heavy (non-hydrogen) atoms. The highest BCUT2D eigenvalue weighted by Gasteiger charge is 2.50. The monoisotopic (exact) mass is 645 g/mol. The normalized spacial score (nSPS) is 31.8. The van der Waals surface area contributed by atoms with Crippen LogP contribution >= 0.6 is 0 Å². The van der Waals surface area contributed by atoms with Gasteiger partial charge in [0.25, 0.3) is 0 Å². The van der Waals surface area contributed by atoms with Crippen LogP contribution in [0.2, 0.25) is 36.3 Å². The summed E-state index contributed by atoms with van der Waals surface area (Å²) < 4.78 is 14.1. The molecule has 0 aromatic rings. The Kier molecular flexibility index (Phi) is 11.7. The van der Waals surface area contributed by atoms with Gasteiger partial charge in [-0.15, -0.1) is 0 Å². The number of aliphatic hydroxyl groups is 1. The van der Waals surface area contributed by atoms with Crippen molar-refractivity contribution in [3.63, 3.8) is 0 Å². The fourth-order valence-electron chi connectivity index (χ4n) is 7.71. The van der Waals surface area contributed by atoms with Crippen LogP contribution in [-0.4, -0.2) is 39.6 Å². The summed E-state index contributed by atoms with van der Waals surface area (Å²) in [7, 11) is -3.76. The van der Waals surface area contributed by atoms with E-state index in [9.17, 15) is 5.11 Å². The van der Waals surface area contributed by atoms with E-state index >= 15 is 0 Å². The van der Waals surface area contributed by atoms with E-state index in [0.717, 1.165) is 19.3 Å². The van der Waals surface area contributed by atoms with E-state index in [1.165, 1.54) is 37.7 Å². The molecule has 0 saturated heterocycles. The lowest BCUT2D eigenvalue weighted by atomic mass is 9.61. The zero-order valence-electron chi connectivity index (χ0n) is 31.7. The van der Waals surface area contributed by atoms with Crippen molar-refractivity contribution in [1.29, 1.82) is 0 Å². The Morgan fingerprint density at radius 2 is 1.34 bits per heavy atom. The molecule has 1 N–H and O–H groups in total. The number of fused-ring (bicyclic) bond motifs is 1. The van der Waals surface area contributed by atoms with Crippen molar-refractivity contribution in [3.05, 3.63) is 35.5 Å². The third-order valence-corrected chi connectivity index (χ3v) is 22.1. The van der Waals surface area contributed by atoms with E-state index in [1.54, 1.807) is 5.57 Å². The van der Waals surface area contributed by atoms with E-state index in [0.29, 0.717) is 23.2 Å². The second kappa shape index (κ2) is 13.6. The molecule has 3 rings (SSSR count). The Hall–Kier alpha value is -0.466. The highest BCUT2D eigenvalue weighted by Crippen LogP contribution is 2.59. The van der Waals surface area contributed by atoms with Crippen LogP contribution in [-0.2, 0) is 8.85 Å². The van der Waals surface area contributed by atoms with E-state index in [4.69, 9.17) is 8.85 Å². The van der Waals surface area contributed by atoms with Crippen molar-refractivity contribution in [1.82, 2.24) is 0 Å². The van der Waals surface area contributed by atoms with E-state index in [2.05, 4.69) is 113 Å². The smallest absolute Gasteiger partial charge is 0.192 e. The van der Waals surface area contributed by atoms with Gasteiger partial charge in [0.1, 0.15) is 0 Å². The Morgan fingerprint density at radius 1 is 0.818 bits per heavy atom. The van der Waals surface area contributed by atoms with Crippen molar-refractivity contribution in [3.8, 4) is 0 Å². The number of hydrogen-bond donors (Lipinski definition) is 1. The van der Waals surface area contributed by atoms with Crippen molar-refractivity contribution in [2.75, 3.05) is 0 Å². The van der Waals surface area contributed by atoms with Crippen LogP contribution < -0.4 is 0 Å². The second-order valence-electron chi connectivity index (χ2n) is 19.0. The molecule has 0 radical (unpaired) electrons. The lowest BCUT2D eigenvalue weighted by Crippen LogP contribution is -2.48. The van der Waals surface area contributed by atoms with Crippen LogP contribution in [0.4, 0.5) is 0 Å². The van der Waals surface area contributed by atoms with Crippen molar-refractivity contribution >= 4 is 16.6 Å². The molecule has 3 fully saturated rings. The molecule has 0 aromatic carbocycles. The van der Waals surface area contributed by atoms with Crippen LogP contribution in [0.25, 0.3) is 0 Å². The molecule has 0 aromatic heterocycles. The van der Waals surface area contributed by atoms with Gasteiger partial charge in [0.15, 0.2) is 16.6 Å². The fraction of sp³-hybridized carbons (Fsp3) is 0.846. The molecule has 0 amide bonds. The largest absolute Gasteiger partial charge is 0.414 e. The highest BCUT2D eigenvalue weighted by atomic mass is 28.4. The minimum atomic E-state index is -1.88. The third-order valence-electron chi connectivity index (χ3n) is 13.1. The second-order valence-corrected chi connectivity index (χ2v) is 28.5. The zero-order chi connectivity index (χ0) is 33.5. The van der Waals surface area contributed by atoms with Crippen molar-refractivity contribution < 1.29 is 14.0 Å². The summed E-state index contributed by atoms with van der Waals surface area (Å²) >= 11 is 0. The van der Waals surface area contributed by atoms with Gasteiger partial charge >= 0.3 is 0 Å². The minimum absolute atomic E-state index is 0.160. The van der Waals surface area contributed by atoms with Crippen LogP contribution in [0, 0.1) is 29.1 Å². The van der Waals surface area contributed by atoms with Crippen molar-refractivity contribution in [2.45, 2.75) is 182 Å². The molecule has 3 aliphatic carbocycles. The maximum atomic E-state index is 10.4. The first-order valence-corrected chi connectivity index (χ1v) is 23.8. The number of allylic oxidation sites excluding steroid dienone is 4. The summed E-state index contributed by atoms with van der Waals surface area (Å²) in [5.41, 5.74) is 2.90. The molecule has 7 atom stereocenters. The van der Waals surface area contributed by atoms with Crippen LogP contribution in [0.5, 0.6) is 0 Å². The average molecular weight is 645 g/mol. The van der Waals surface area contributed by atoms with Crippen molar-refractivity contribution in [2.24, 2.45) is 29.1 Å². The van der Waals surface area contributed by atoms with Gasteiger partial charge < -0.3 is 14.0 Å². The Balaban J connectivity index is 1.84. The molecule has 3 nitrogen and oxygen atoms in total. The van der Waals surface area contributed by atoms with Crippen LogP contribution in [0.15, 0.2) is 35.5 Å². The van der Waals surface area contributed by atoms with Gasteiger partial charge in [0.2, 0.25) is 0 Å². The first kappa shape index (κ1) is 38.0. The first-order chi connectivity index (χ1) is 19.9. The Morgan fingerprint density at radius 3 is 1.82 bits per heavy atom. The maximum Gasteiger partial charge on any atom is 0.192 e. The van der Waals surface area contributed by atoms with Gasteiger partial charge in [-0.25, -0.2) is 0 Å². The number of rotatable bonds is 9. The standard InChI is InChI=1S/C39H72O3Si2/c1-28(18-19-29(2)38(9,10)40)34-22-23-35-31(17-16-24-39(34,35)11)21-20-30-25-32(41-43(12,13)36(3,4)5)27-33(26-30)42-44(14,15)37(6,7)8/h18-21,28-29,32-35,40H,16-17,22-27H2,1-15H3/b19-18+,31-21+/t28?,29?,32-,33-,34?,35?,39?/m1/s1. The zero-order valence-corrected chi connectivity index (χ0v) is 33.7. The van der Waals surface area contributed by atoms with Gasteiger partial charge in [-0.3, -0.25) is 0 Å². The molecular formula is C39H72O3Si2. The summed E-state index contributed by atoms with van der Waals surface area (Å²) in [5.74, 6) is 2.08. The Labute approximate surface area is 276 Å². The molecule has 0 heterocycles. The lowest BCUT2D eigenvalue weighted by molar-refractivity contribution is 0.0436. The highest BCUT2D eigenvalue weighted by molar-refractivity contribution is 6.74. The fourth-order valence-corrected chi connectivity index (χ4v) is 10.4. The van der Waals surface area contributed by atoms with E-state index in [-0.39, 0.29) is 28.2 Å². The predicted octanol–water partition coefficient (Wildman–Crippen LogP) is 11.6. The summed E-state index contributed by atoms with van der Waals surface area (Å²) in [6, 6.07) is 0. The summed E-state index contributed by atoms with van der Waals surface area (Å²) in [4.78, 5) is 0. The maximum absolute atomic E-state index is 10.4. The number of hydrogen-bond acceptors (Lipinski definition) is 3. The molecule has 0 aliphatic heterocycles. The molecule has 5 unspecified atom stereocenters. The predicted molar refractivity (Wildman–Crippen MR) is 196 cm³/mol. The van der Waals surface area contributed by atoms with Gasteiger partial charge in [0, 0.05) is 5.92 Å². The first-order valence-electron chi connectivity index (χ1n) is 18.0. The average Bonchev–Trinajstić information content (AvgIpc) is 3.20. The quantitative estimate of drug-likeness (QED) is 0.200. The SMILES string of the molecule is CC(/C=C/C(C)C(C)(C)O)C1CCC2/C(=C/C=C3C[C@@H](O[Si](C)(C)C(C)(C)C)C[C@H](O[Si](C)(C)C(C)(C)C)C3)CCCC21C. The van der Waals surface area contributed by atoms with E-state index in [1.807, 2.05) is 13.8 Å². The van der Waals surface area contributed by atoms with Gasteiger partial charge in [-0.2, -0.15) is 0 Å². The molecule has 3 saturated carbocycles. The summed E-state index contributed by atoms with van der Waals surface area (Å²) in [6.07, 6.45) is 19.8.